The second kappa shape index (κ2) is 10.3. The Morgan fingerprint density at radius 3 is 2.53 bits per heavy atom. The van der Waals surface area contributed by atoms with Crippen LogP contribution < -0.4 is 5.73 Å². The van der Waals surface area contributed by atoms with Crippen LogP contribution in [0.5, 0.6) is 0 Å². The number of hydrogen-bond acceptors (Lipinski definition) is 3. The third-order valence-corrected chi connectivity index (χ3v) is 5.57. The highest BCUT2D eigenvalue weighted by molar-refractivity contribution is 5.82. The van der Waals surface area contributed by atoms with Crippen LogP contribution in [0.2, 0.25) is 0 Å². The molecule has 1 heterocycles. The SMILES string of the molecule is CCCN1CCN(C(=O)CCN)CC(Cc2ccc(-c3ccccc3F)cc2)C1=O. The van der Waals surface area contributed by atoms with Crippen molar-refractivity contribution in [2.24, 2.45) is 11.7 Å². The predicted molar refractivity (Wildman–Crippen MR) is 116 cm³/mol. The summed E-state index contributed by atoms with van der Waals surface area (Å²) in [5.74, 6) is -0.449. The summed E-state index contributed by atoms with van der Waals surface area (Å²) in [6.07, 6.45) is 1.72. The van der Waals surface area contributed by atoms with Gasteiger partial charge in [0.25, 0.3) is 0 Å². The van der Waals surface area contributed by atoms with Crippen LogP contribution >= 0.6 is 0 Å². The monoisotopic (exact) mass is 411 g/mol. The Balaban J connectivity index is 1.78. The van der Waals surface area contributed by atoms with Gasteiger partial charge in [0, 0.05) is 44.7 Å². The van der Waals surface area contributed by atoms with Crippen LogP contribution in [0, 0.1) is 11.7 Å². The first-order valence-electron chi connectivity index (χ1n) is 10.6. The molecular formula is C24H30FN3O2. The molecule has 1 saturated heterocycles. The summed E-state index contributed by atoms with van der Waals surface area (Å²) in [6.45, 7) is 4.57. The van der Waals surface area contributed by atoms with E-state index < -0.39 is 0 Å². The molecule has 0 spiro atoms. The number of benzene rings is 2. The third-order valence-electron chi connectivity index (χ3n) is 5.57. The molecular weight excluding hydrogens is 381 g/mol. The molecule has 1 unspecified atom stereocenters. The van der Waals surface area contributed by atoms with E-state index in [2.05, 4.69) is 0 Å². The molecule has 0 aliphatic carbocycles. The number of halogens is 1. The lowest BCUT2D eigenvalue weighted by Crippen LogP contribution is -2.38. The third kappa shape index (κ3) is 5.25. The van der Waals surface area contributed by atoms with Gasteiger partial charge in [-0.15, -0.1) is 0 Å². The Hall–Kier alpha value is -2.73. The normalized spacial score (nSPS) is 17.2. The zero-order valence-corrected chi connectivity index (χ0v) is 17.5. The van der Waals surface area contributed by atoms with Crippen molar-refractivity contribution < 1.29 is 14.0 Å². The lowest BCUT2D eigenvalue weighted by molar-refractivity contribution is -0.135. The second-order valence-corrected chi connectivity index (χ2v) is 7.78. The van der Waals surface area contributed by atoms with E-state index in [0.717, 1.165) is 17.5 Å². The standard InChI is InChI=1S/C24H30FN3O2/c1-2-13-27-14-15-28(23(29)11-12-26)17-20(24(27)30)16-18-7-9-19(10-8-18)21-5-3-4-6-22(21)25/h3-10,20H,2,11-17,26H2,1H3. The molecule has 3 rings (SSSR count). The maximum atomic E-state index is 14.0. The summed E-state index contributed by atoms with van der Waals surface area (Å²) in [6, 6.07) is 14.3. The van der Waals surface area contributed by atoms with Crippen molar-refractivity contribution in [2.45, 2.75) is 26.2 Å². The molecule has 1 aliphatic rings. The second-order valence-electron chi connectivity index (χ2n) is 7.78. The summed E-state index contributed by atoms with van der Waals surface area (Å²) >= 11 is 0. The molecule has 1 aliphatic heterocycles. The zero-order chi connectivity index (χ0) is 21.5. The van der Waals surface area contributed by atoms with E-state index in [4.69, 9.17) is 5.73 Å². The van der Waals surface area contributed by atoms with E-state index in [9.17, 15) is 14.0 Å². The average molecular weight is 412 g/mol. The van der Waals surface area contributed by atoms with Crippen molar-refractivity contribution in [2.75, 3.05) is 32.7 Å². The Bertz CT molecular complexity index is 869. The Labute approximate surface area is 177 Å². The summed E-state index contributed by atoms with van der Waals surface area (Å²) < 4.78 is 14.0. The van der Waals surface area contributed by atoms with Gasteiger partial charge in [0.15, 0.2) is 0 Å². The predicted octanol–water partition coefficient (Wildman–Crippen LogP) is 3.08. The molecule has 0 aromatic heterocycles. The average Bonchev–Trinajstić information content (AvgIpc) is 2.89. The summed E-state index contributed by atoms with van der Waals surface area (Å²) in [5.41, 5.74) is 7.91. The van der Waals surface area contributed by atoms with Crippen LogP contribution in [0.25, 0.3) is 11.1 Å². The van der Waals surface area contributed by atoms with E-state index in [1.807, 2.05) is 42.2 Å². The van der Waals surface area contributed by atoms with Gasteiger partial charge < -0.3 is 15.5 Å². The molecule has 0 bridgehead atoms. The Morgan fingerprint density at radius 2 is 1.87 bits per heavy atom. The molecule has 0 saturated carbocycles. The minimum atomic E-state index is -0.292. The van der Waals surface area contributed by atoms with Gasteiger partial charge in [0.2, 0.25) is 11.8 Å². The number of amides is 2. The van der Waals surface area contributed by atoms with Gasteiger partial charge in [0.1, 0.15) is 5.82 Å². The van der Waals surface area contributed by atoms with Gasteiger partial charge in [-0.25, -0.2) is 4.39 Å². The van der Waals surface area contributed by atoms with Crippen molar-refractivity contribution in [3.63, 3.8) is 0 Å². The molecule has 5 nitrogen and oxygen atoms in total. The van der Waals surface area contributed by atoms with Crippen molar-refractivity contribution in [3.8, 4) is 11.1 Å². The van der Waals surface area contributed by atoms with Crippen molar-refractivity contribution in [1.29, 1.82) is 0 Å². The fourth-order valence-corrected chi connectivity index (χ4v) is 4.00. The molecule has 2 aromatic rings. The van der Waals surface area contributed by atoms with Gasteiger partial charge in [0.05, 0.1) is 5.92 Å². The van der Waals surface area contributed by atoms with E-state index in [-0.39, 0.29) is 23.5 Å². The van der Waals surface area contributed by atoms with Crippen molar-refractivity contribution in [3.05, 3.63) is 59.9 Å². The minimum Gasteiger partial charge on any atom is -0.341 e. The minimum absolute atomic E-state index is 0.00329. The number of rotatable bonds is 7. The Kier molecular flexibility index (Phi) is 7.57. The number of nitrogens with zero attached hydrogens (tertiary/aromatic N) is 2. The number of nitrogens with two attached hydrogens (primary N) is 1. The largest absolute Gasteiger partial charge is 0.341 e. The van der Waals surface area contributed by atoms with Crippen LogP contribution in [0.4, 0.5) is 4.39 Å². The highest BCUT2D eigenvalue weighted by Gasteiger charge is 2.31. The summed E-state index contributed by atoms with van der Waals surface area (Å²) in [7, 11) is 0. The van der Waals surface area contributed by atoms with Crippen LogP contribution in [0.15, 0.2) is 48.5 Å². The fourth-order valence-electron chi connectivity index (χ4n) is 4.00. The van der Waals surface area contributed by atoms with Crippen molar-refractivity contribution >= 4 is 11.8 Å². The quantitative estimate of drug-likeness (QED) is 0.761. The van der Waals surface area contributed by atoms with Gasteiger partial charge in [-0.2, -0.15) is 0 Å². The highest BCUT2D eigenvalue weighted by atomic mass is 19.1. The summed E-state index contributed by atoms with van der Waals surface area (Å²) in [5, 5.41) is 0. The first kappa shape index (κ1) is 22.0. The number of carbonyl (C=O) groups is 2. The molecule has 6 heteroatoms. The molecule has 1 fully saturated rings. The van der Waals surface area contributed by atoms with Gasteiger partial charge in [-0.05, 0) is 30.0 Å². The van der Waals surface area contributed by atoms with Crippen LogP contribution in [-0.2, 0) is 16.0 Å². The maximum absolute atomic E-state index is 14.0. The summed E-state index contributed by atoms with van der Waals surface area (Å²) in [4.78, 5) is 29.2. The molecule has 0 radical (unpaired) electrons. The van der Waals surface area contributed by atoms with Gasteiger partial charge >= 0.3 is 0 Å². The van der Waals surface area contributed by atoms with Crippen LogP contribution in [0.3, 0.4) is 0 Å². The molecule has 2 N–H and O–H groups in total. The zero-order valence-electron chi connectivity index (χ0n) is 17.5. The topological polar surface area (TPSA) is 66.6 Å². The van der Waals surface area contributed by atoms with E-state index in [1.54, 1.807) is 17.0 Å². The molecule has 2 amide bonds. The fraction of sp³-hybridized carbons (Fsp3) is 0.417. The first-order chi connectivity index (χ1) is 14.5. The molecule has 30 heavy (non-hydrogen) atoms. The number of hydrogen-bond donors (Lipinski definition) is 1. The first-order valence-corrected chi connectivity index (χ1v) is 10.6. The van der Waals surface area contributed by atoms with E-state index in [0.29, 0.717) is 51.1 Å². The number of carbonyl (C=O) groups excluding carboxylic acids is 2. The smallest absolute Gasteiger partial charge is 0.227 e. The van der Waals surface area contributed by atoms with Gasteiger partial charge in [-0.3, -0.25) is 9.59 Å². The molecule has 1 atom stereocenters. The molecule has 2 aromatic carbocycles. The lowest BCUT2D eigenvalue weighted by Gasteiger charge is -2.24. The van der Waals surface area contributed by atoms with Crippen LogP contribution in [0.1, 0.15) is 25.3 Å². The van der Waals surface area contributed by atoms with Crippen molar-refractivity contribution in [1.82, 2.24) is 9.80 Å². The van der Waals surface area contributed by atoms with E-state index >= 15 is 0 Å². The van der Waals surface area contributed by atoms with E-state index in [1.165, 1.54) is 6.07 Å². The maximum Gasteiger partial charge on any atom is 0.227 e. The highest BCUT2D eigenvalue weighted by Crippen LogP contribution is 2.24. The van der Waals surface area contributed by atoms with Gasteiger partial charge in [-0.1, -0.05) is 49.4 Å². The lowest BCUT2D eigenvalue weighted by atomic mass is 9.95. The van der Waals surface area contributed by atoms with Crippen LogP contribution in [-0.4, -0.2) is 54.3 Å². The molecule has 160 valence electrons. The Morgan fingerprint density at radius 1 is 1.13 bits per heavy atom.